The van der Waals surface area contributed by atoms with Crippen LogP contribution in [0.5, 0.6) is 0 Å². The maximum atomic E-state index is 12.3. The van der Waals surface area contributed by atoms with Gasteiger partial charge in [-0.3, -0.25) is 14.5 Å². The average Bonchev–Trinajstić information content (AvgIpc) is 2.58. The smallest absolute Gasteiger partial charge is 0.241 e. The van der Waals surface area contributed by atoms with E-state index in [1.54, 1.807) is 37.1 Å². The van der Waals surface area contributed by atoms with Crippen molar-refractivity contribution < 1.29 is 9.59 Å². The van der Waals surface area contributed by atoms with Crippen molar-refractivity contribution in [3.8, 4) is 0 Å². The first-order valence-electron chi connectivity index (χ1n) is 7.68. The van der Waals surface area contributed by atoms with Crippen LogP contribution in [0.15, 0.2) is 48.5 Å². The molecule has 2 N–H and O–H groups in total. The van der Waals surface area contributed by atoms with Gasteiger partial charge in [0.1, 0.15) is 0 Å². The van der Waals surface area contributed by atoms with Gasteiger partial charge < -0.3 is 10.6 Å². The predicted octanol–water partition coefficient (Wildman–Crippen LogP) is 3.89. The van der Waals surface area contributed by atoms with Crippen molar-refractivity contribution in [3.63, 3.8) is 0 Å². The van der Waals surface area contributed by atoms with Gasteiger partial charge >= 0.3 is 0 Å². The van der Waals surface area contributed by atoms with E-state index in [2.05, 4.69) is 10.6 Å². The van der Waals surface area contributed by atoms with Crippen molar-refractivity contribution >= 4 is 46.4 Å². The lowest BCUT2D eigenvalue weighted by Crippen LogP contribution is -2.43. The molecule has 132 valence electrons. The van der Waals surface area contributed by atoms with Gasteiger partial charge in [0, 0.05) is 11.4 Å². The average molecular weight is 380 g/mol. The number of amides is 2. The number of likely N-dealkylation sites (N-methyl/N-ethyl adjacent to an activating group) is 1. The highest BCUT2D eigenvalue weighted by Gasteiger charge is 2.20. The topological polar surface area (TPSA) is 61.4 Å². The van der Waals surface area contributed by atoms with Crippen LogP contribution in [-0.4, -0.2) is 36.3 Å². The monoisotopic (exact) mass is 379 g/mol. The summed E-state index contributed by atoms with van der Waals surface area (Å²) in [6, 6.07) is 13.6. The Morgan fingerprint density at radius 1 is 1.00 bits per heavy atom. The molecule has 0 aliphatic heterocycles. The molecule has 0 saturated carbocycles. The molecule has 0 fully saturated rings. The van der Waals surface area contributed by atoms with Crippen LogP contribution in [0.3, 0.4) is 0 Å². The summed E-state index contributed by atoms with van der Waals surface area (Å²) in [6.45, 7) is 1.80. The van der Waals surface area contributed by atoms with E-state index in [0.717, 1.165) is 0 Å². The third-order valence-corrected chi connectivity index (χ3v) is 4.42. The van der Waals surface area contributed by atoms with Gasteiger partial charge in [0.05, 0.1) is 22.6 Å². The second-order valence-electron chi connectivity index (χ2n) is 5.62. The number of carbonyl (C=O) groups is 2. The predicted molar refractivity (Wildman–Crippen MR) is 102 cm³/mol. The van der Waals surface area contributed by atoms with Crippen molar-refractivity contribution in [2.24, 2.45) is 0 Å². The quantitative estimate of drug-likeness (QED) is 0.799. The lowest BCUT2D eigenvalue weighted by atomic mass is 10.2. The maximum absolute atomic E-state index is 12.3. The van der Waals surface area contributed by atoms with E-state index >= 15 is 0 Å². The van der Waals surface area contributed by atoms with E-state index in [1.807, 2.05) is 30.3 Å². The maximum Gasteiger partial charge on any atom is 0.241 e. The van der Waals surface area contributed by atoms with Crippen molar-refractivity contribution in [1.29, 1.82) is 0 Å². The molecule has 7 heteroatoms. The van der Waals surface area contributed by atoms with Crippen molar-refractivity contribution in [3.05, 3.63) is 58.6 Å². The Kier molecular flexibility index (Phi) is 6.82. The van der Waals surface area contributed by atoms with Gasteiger partial charge in [-0.25, -0.2) is 0 Å². The Morgan fingerprint density at radius 3 is 2.32 bits per heavy atom. The largest absolute Gasteiger partial charge is 0.325 e. The SMILES string of the molecule is CC(C(=O)Nc1ccccc1)N(C)CC(=O)Nc1ccc(Cl)c(Cl)c1. The summed E-state index contributed by atoms with van der Waals surface area (Å²) in [5.41, 5.74) is 1.27. The van der Waals surface area contributed by atoms with E-state index in [1.165, 1.54) is 0 Å². The lowest BCUT2D eigenvalue weighted by Gasteiger charge is -2.23. The van der Waals surface area contributed by atoms with E-state index in [0.29, 0.717) is 21.4 Å². The minimum absolute atomic E-state index is 0.0591. The number of benzene rings is 2. The summed E-state index contributed by atoms with van der Waals surface area (Å²) >= 11 is 11.8. The Morgan fingerprint density at radius 2 is 1.68 bits per heavy atom. The Hall–Kier alpha value is -2.08. The summed E-state index contributed by atoms with van der Waals surface area (Å²) < 4.78 is 0. The number of rotatable bonds is 6. The molecule has 0 spiro atoms. The number of hydrogen-bond donors (Lipinski definition) is 2. The molecule has 0 aliphatic rings. The fourth-order valence-electron chi connectivity index (χ4n) is 2.11. The molecule has 25 heavy (non-hydrogen) atoms. The normalized spacial score (nSPS) is 11.9. The molecule has 0 bridgehead atoms. The van der Waals surface area contributed by atoms with Crippen LogP contribution in [0, 0.1) is 0 Å². The summed E-state index contributed by atoms with van der Waals surface area (Å²) in [4.78, 5) is 26.1. The summed E-state index contributed by atoms with van der Waals surface area (Å²) in [6.07, 6.45) is 0. The highest BCUT2D eigenvalue weighted by atomic mass is 35.5. The number of halogens is 2. The van der Waals surface area contributed by atoms with Crippen LogP contribution in [0.25, 0.3) is 0 Å². The Bertz CT molecular complexity index is 753. The molecular formula is C18H19Cl2N3O2. The third-order valence-electron chi connectivity index (χ3n) is 3.68. The molecule has 1 unspecified atom stereocenters. The van der Waals surface area contributed by atoms with Gasteiger partial charge in [0.15, 0.2) is 0 Å². The number of nitrogens with zero attached hydrogens (tertiary/aromatic N) is 1. The zero-order chi connectivity index (χ0) is 18.4. The fourth-order valence-corrected chi connectivity index (χ4v) is 2.40. The molecule has 5 nitrogen and oxygen atoms in total. The summed E-state index contributed by atoms with van der Waals surface area (Å²) in [7, 11) is 1.71. The molecule has 0 aromatic heterocycles. The van der Waals surface area contributed by atoms with Crippen molar-refractivity contribution in [2.45, 2.75) is 13.0 Å². The number of carbonyl (C=O) groups excluding carboxylic acids is 2. The van der Waals surface area contributed by atoms with Crippen LogP contribution < -0.4 is 10.6 Å². The van der Waals surface area contributed by atoms with Crippen LogP contribution in [0.4, 0.5) is 11.4 Å². The first-order valence-corrected chi connectivity index (χ1v) is 8.43. The molecule has 0 aliphatic carbocycles. The first kappa shape index (κ1) is 19.2. The van der Waals surface area contributed by atoms with Gasteiger partial charge in [-0.15, -0.1) is 0 Å². The van der Waals surface area contributed by atoms with Gasteiger partial charge in [-0.2, -0.15) is 0 Å². The molecule has 0 heterocycles. The fraction of sp³-hybridized carbons (Fsp3) is 0.222. The van der Waals surface area contributed by atoms with Crippen LogP contribution in [0.1, 0.15) is 6.92 Å². The summed E-state index contributed by atoms with van der Waals surface area (Å²) in [5, 5.41) is 6.33. The highest BCUT2D eigenvalue weighted by Crippen LogP contribution is 2.24. The summed E-state index contributed by atoms with van der Waals surface area (Å²) in [5.74, 6) is -0.434. The number of para-hydroxylation sites is 1. The number of anilines is 2. The van der Waals surface area contributed by atoms with E-state index in [4.69, 9.17) is 23.2 Å². The number of nitrogens with one attached hydrogen (secondary N) is 2. The zero-order valence-corrected chi connectivity index (χ0v) is 15.4. The van der Waals surface area contributed by atoms with Gasteiger partial charge in [-0.1, -0.05) is 41.4 Å². The molecule has 2 aromatic carbocycles. The minimum Gasteiger partial charge on any atom is -0.325 e. The van der Waals surface area contributed by atoms with Gasteiger partial charge in [0.2, 0.25) is 11.8 Å². The van der Waals surface area contributed by atoms with Gasteiger partial charge in [-0.05, 0) is 44.3 Å². The third kappa shape index (κ3) is 5.74. The van der Waals surface area contributed by atoms with E-state index in [-0.39, 0.29) is 18.4 Å². The standard InChI is InChI=1S/C18H19Cl2N3O2/c1-12(18(25)22-13-6-4-3-5-7-13)23(2)11-17(24)21-14-8-9-15(19)16(20)10-14/h3-10,12H,11H2,1-2H3,(H,21,24)(H,22,25). The van der Waals surface area contributed by atoms with Crippen LogP contribution in [-0.2, 0) is 9.59 Å². The Labute approximate surface area is 156 Å². The van der Waals surface area contributed by atoms with E-state index < -0.39 is 6.04 Å². The second kappa shape index (κ2) is 8.85. The van der Waals surface area contributed by atoms with Crippen LogP contribution in [0.2, 0.25) is 10.0 Å². The Balaban J connectivity index is 1.88. The minimum atomic E-state index is -0.472. The molecule has 1 atom stereocenters. The molecule has 2 rings (SSSR count). The molecule has 2 amide bonds. The molecule has 2 aromatic rings. The first-order chi connectivity index (χ1) is 11.9. The van der Waals surface area contributed by atoms with Crippen LogP contribution >= 0.6 is 23.2 Å². The molecule has 0 saturated heterocycles. The molecular weight excluding hydrogens is 361 g/mol. The second-order valence-corrected chi connectivity index (χ2v) is 6.44. The van der Waals surface area contributed by atoms with E-state index in [9.17, 15) is 9.59 Å². The van der Waals surface area contributed by atoms with Crippen molar-refractivity contribution in [2.75, 3.05) is 24.2 Å². The highest BCUT2D eigenvalue weighted by molar-refractivity contribution is 6.42. The van der Waals surface area contributed by atoms with Crippen molar-refractivity contribution in [1.82, 2.24) is 4.90 Å². The zero-order valence-electron chi connectivity index (χ0n) is 13.9. The van der Waals surface area contributed by atoms with Gasteiger partial charge in [0.25, 0.3) is 0 Å². The lowest BCUT2D eigenvalue weighted by molar-refractivity contribution is -0.122. The number of hydrogen-bond acceptors (Lipinski definition) is 3. The molecule has 0 radical (unpaired) electrons.